The van der Waals surface area contributed by atoms with E-state index in [4.69, 9.17) is 4.52 Å². The van der Waals surface area contributed by atoms with E-state index in [1.165, 1.54) is 48.5 Å². The summed E-state index contributed by atoms with van der Waals surface area (Å²) in [4.78, 5) is 3.43. The average Bonchev–Trinajstić information content (AvgIpc) is 3.10. The number of hydrogen-bond acceptors (Lipinski definition) is 6. The highest BCUT2D eigenvalue weighted by atomic mass is 32.1. The fourth-order valence-corrected chi connectivity index (χ4v) is 3.67. The van der Waals surface area contributed by atoms with Crippen LogP contribution in [0, 0.1) is 6.92 Å². The highest BCUT2D eigenvalue weighted by molar-refractivity contribution is 7.05. The first kappa shape index (κ1) is 14.7. The molecule has 21 heavy (non-hydrogen) atoms. The molecule has 0 N–H and O–H groups in total. The van der Waals surface area contributed by atoms with Crippen molar-refractivity contribution in [3.8, 4) is 0 Å². The maximum atomic E-state index is 5.52. The number of aromatic nitrogens is 3. The van der Waals surface area contributed by atoms with Crippen molar-refractivity contribution in [3.63, 3.8) is 0 Å². The fourth-order valence-electron chi connectivity index (χ4n) is 2.96. The van der Waals surface area contributed by atoms with Crippen molar-refractivity contribution >= 4 is 11.5 Å². The quantitative estimate of drug-likeness (QED) is 0.846. The van der Waals surface area contributed by atoms with Crippen molar-refractivity contribution in [1.29, 1.82) is 0 Å². The maximum Gasteiger partial charge on any atom is 0.150 e. The predicted molar refractivity (Wildman–Crippen MR) is 82.1 cm³/mol. The molecule has 0 aliphatic heterocycles. The lowest BCUT2D eigenvalue weighted by molar-refractivity contribution is 0.265. The number of hydrogen-bond donors (Lipinski definition) is 0. The van der Waals surface area contributed by atoms with Crippen molar-refractivity contribution in [3.05, 3.63) is 28.1 Å². The molecule has 0 amide bonds. The molecular formula is C15H22N4OS. The van der Waals surface area contributed by atoms with Crippen molar-refractivity contribution in [1.82, 2.24) is 19.6 Å². The lowest BCUT2D eigenvalue weighted by Gasteiger charge is -2.18. The largest absolute Gasteiger partial charge is 0.360 e. The Labute approximate surface area is 129 Å². The van der Waals surface area contributed by atoms with Crippen molar-refractivity contribution in [2.45, 2.75) is 58.0 Å². The minimum Gasteiger partial charge on any atom is -0.360 e. The highest BCUT2D eigenvalue weighted by Gasteiger charge is 2.19. The summed E-state index contributed by atoms with van der Waals surface area (Å²) in [7, 11) is 2.09. The van der Waals surface area contributed by atoms with E-state index in [1.54, 1.807) is 0 Å². The van der Waals surface area contributed by atoms with Gasteiger partial charge in [-0.3, -0.25) is 4.90 Å². The summed E-state index contributed by atoms with van der Waals surface area (Å²) in [5, 5.41) is 8.33. The van der Waals surface area contributed by atoms with E-state index < -0.39 is 0 Å². The zero-order chi connectivity index (χ0) is 14.7. The van der Waals surface area contributed by atoms with Crippen LogP contribution in [0.5, 0.6) is 0 Å². The van der Waals surface area contributed by atoms with Crippen LogP contribution in [0.4, 0.5) is 0 Å². The third-order valence-electron chi connectivity index (χ3n) is 4.19. The van der Waals surface area contributed by atoms with Crippen LogP contribution in [0.1, 0.15) is 60.0 Å². The van der Waals surface area contributed by atoms with Crippen molar-refractivity contribution in [2.75, 3.05) is 7.05 Å². The van der Waals surface area contributed by atoms with Crippen LogP contribution in [0.2, 0.25) is 0 Å². The van der Waals surface area contributed by atoms with Gasteiger partial charge in [-0.15, -0.1) is 5.10 Å². The maximum absolute atomic E-state index is 5.52. The molecule has 1 saturated carbocycles. The van der Waals surface area contributed by atoms with Gasteiger partial charge in [-0.25, -0.2) is 0 Å². The average molecular weight is 306 g/mol. The lowest BCUT2D eigenvalue weighted by atomic mass is 9.87. The van der Waals surface area contributed by atoms with Gasteiger partial charge in [0.2, 0.25) is 0 Å². The zero-order valence-corrected chi connectivity index (χ0v) is 13.5. The Balaban J connectivity index is 1.57. The smallest absolute Gasteiger partial charge is 0.150 e. The van der Waals surface area contributed by atoms with Crippen molar-refractivity contribution in [2.24, 2.45) is 0 Å². The molecule has 0 spiro atoms. The van der Waals surface area contributed by atoms with Gasteiger partial charge in [0.15, 0.2) is 5.76 Å². The fraction of sp³-hybridized carbons (Fsp3) is 0.667. The molecule has 0 unspecified atom stereocenters. The van der Waals surface area contributed by atoms with Gasteiger partial charge < -0.3 is 4.52 Å². The molecule has 114 valence electrons. The van der Waals surface area contributed by atoms with E-state index in [2.05, 4.69) is 32.8 Å². The number of aryl methyl sites for hydroxylation is 1. The molecule has 1 aliphatic rings. The Morgan fingerprint density at radius 3 is 2.81 bits per heavy atom. The summed E-state index contributed by atoms with van der Waals surface area (Å²) in [6.07, 6.45) is 6.53. The minimum absolute atomic E-state index is 0.606. The monoisotopic (exact) mass is 306 g/mol. The third kappa shape index (κ3) is 3.68. The molecule has 2 heterocycles. The summed E-state index contributed by atoms with van der Waals surface area (Å²) in [5.74, 6) is 1.56. The van der Waals surface area contributed by atoms with E-state index >= 15 is 0 Å². The molecule has 2 aromatic rings. The first-order valence-electron chi connectivity index (χ1n) is 7.64. The molecule has 0 atom stereocenters. The standard InChI is InChI=1S/C15H22N4OS/c1-11-15(21-18-16-11)10-19(2)9-13-8-14(17-20-13)12-6-4-3-5-7-12/h8,12H,3-7,9-10H2,1-2H3. The molecule has 1 fully saturated rings. The van der Waals surface area contributed by atoms with Gasteiger partial charge in [-0.1, -0.05) is 28.9 Å². The van der Waals surface area contributed by atoms with Crippen LogP contribution in [-0.2, 0) is 13.1 Å². The van der Waals surface area contributed by atoms with E-state index in [9.17, 15) is 0 Å². The lowest BCUT2D eigenvalue weighted by Crippen LogP contribution is -2.16. The minimum atomic E-state index is 0.606. The van der Waals surface area contributed by atoms with E-state index in [0.717, 1.165) is 30.2 Å². The number of nitrogens with zero attached hydrogens (tertiary/aromatic N) is 4. The first-order valence-corrected chi connectivity index (χ1v) is 8.41. The number of rotatable bonds is 5. The van der Waals surface area contributed by atoms with Gasteiger partial charge in [0.25, 0.3) is 0 Å². The Bertz CT molecular complexity index is 574. The molecule has 2 aromatic heterocycles. The van der Waals surface area contributed by atoms with Crippen LogP contribution in [0.15, 0.2) is 10.6 Å². The van der Waals surface area contributed by atoms with E-state index in [-0.39, 0.29) is 0 Å². The third-order valence-corrected chi connectivity index (χ3v) is 4.99. The topological polar surface area (TPSA) is 55.1 Å². The predicted octanol–water partition coefficient (Wildman–Crippen LogP) is 3.51. The van der Waals surface area contributed by atoms with Gasteiger partial charge in [0.1, 0.15) is 0 Å². The molecular weight excluding hydrogens is 284 g/mol. The molecule has 0 saturated heterocycles. The second-order valence-electron chi connectivity index (χ2n) is 6.01. The summed E-state index contributed by atoms with van der Waals surface area (Å²) in [6.45, 7) is 3.63. The van der Waals surface area contributed by atoms with Crippen LogP contribution in [0.25, 0.3) is 0 Å². The zero-order valence-electron chi connectivity index (χ0n) is 12.7. The van der Waals surface area contributed by atoms with Gasteiger partial charge >= 0.3 is 0 Å². The summed E-state index contributed by atoms with van der Waals surface area (Å²) in [5.41, 5.74) is 2.17. The highest BCUT2D eigenvalue weighted by Crippen LogP contribution is 2.32. The van der Waals surface area contributed by atoms with Gasteiger partial charge in [-0.05, 0) is 38.3 Å². The first-order chi connectivity index (χ1) is 10.2. The molecule has 6 heteroatoms. The molecule has 1 aliphatic carbocycles. The summed E-state index contributed by atoms with van der Waals surface area (Å²) in [6, 6.07) is 2.14. The molecule has 0 radical (unpaired) electrons. The molecule has 0 aromatic carbocycles. The van der Waals surface area contributed by atoms with E-state index in [1.807, 2.05) is 6.92 Å². The van der Waals surface area contributed by atoms with E-state index in [0.29, 0.717) is 5.92 Å². The van der Waals surface area contributed by atoms with Crippen LogP contribution in [-0.4, -0.2) is 26.7 Å². The van der Waals surface area contributed by atoms with Gasteiger partial charge in [0.05, 0.1) is 22.8 Å². The summed E-state index contributed by atoms with van der Waals surface area (Å²) >= 11 is 1.47. The Kier molecular flexibility index (Phi) is 4.65. The second-order valence-corrected chi connectivity index (χ2v) is 6.85. The van der Waals surface area contributed by atoms with Crippen LogP contribution < -0.4 is 0 Å². The van der Waals surface area contributed by atoms with Gasteiger partial charge in [0, 0.05) is 18.5 Å². The Morgan fingerprint density at radius 1 is 1.29 bits per heavy atom. The Hall–Kier alpha value is -1.27. The SMILES string of the molecule is Cc1nnsc1CN(C)Cc1cc(C2CCCCC2)no1. The van der Waals surface area contributed by atoms with Gasteiger partial charge in [-0.2, -0.15) is 0 Å². The van der Waals surface area contributed by atoms with Crippen LogP contribution in [0.3, 0.4) is 0 Å². The Morgan fingerprint density at radius 2 is 2.10 bits per heavy atom. The second kappa shape index (κ2) is 6.66. The summed E-state index contributed by atoms with van der Waals surface area (Å²) < 4.78 is 9.49. The molecule has 3 rings (SSSR count). The normalized spacial score (nSPS) is 16.7. The van der Waals surface area contributed by atoms with Crippen LogP contribution >= 0.6 is 11.5 Å². The van der Waals surface area contributed by atoms with Crippen molar-refractivity contribution < 1.29 is 4.52 Å². The molecule has 0 bridgehead atoms. The molecule has 5 nitrogen and oxygen atoms in total.